The molecule has 5 nitrogen and oxygen atoms in total. The molecular formula is C57H35N3O2. The summed E-state index contributed by atoms with van der Waals surface area (Å²) in [6.45, 7) is 0. The fourth-order valence-electron chi connectivity index (χ4n) is 8.70. The summed E-state index contributed by atoms with van der Waals surface area (Å²) in [5.74, 6) is 0.633. The largest absolute Gasteiger partial charge is 0.456 e. The van der Waals surface area contributed by atoms with E-state index in [9.17, 15) is 0 Å². The average molecular weight is 794 g/mol. The van der Waals surface area contributed by atoms with E-state index in [-0.39, 0.29) is 0 Å². The molecule has 0 radical (unpaired) electrons. The lowest BCUT2D eigenvalue weighted by Crippen LogP contribution is -1.98. The predicted octanol–water partition coefficient (Wildman–Crippen LogP) is 15.3. The molecule has 290 valence electrons. The molecule has 62 heavy (non-hydrogen) atoms. The SMILES string of the molecule is c1ccc(-c2ccc(-c3cc(-c4cc(-c5ccc6oc7ccccc7c6c5)cc(-c5ccc6oc7ccccc7c6c5)c4)nc(-c4ccccc4-c4cccnc4)n3)cc2)cc1. The summed E-state index contributed by atoms with van der Waals surface area (Å²) in [4.78, 5) is 15.2. The highest BCUT2D eigenvalue weighted by Gasteiger charge is 2.18. The number of nitrogens with zero attached hydrogens (tertiary/aromatic N) is 3. The van der Waals surface area contributed by atoms with Gasteiger partial charge < -0.3 is 8.83 Å². The minimum Gasteiger partial charge on any atom is -0.456 e. The molecule has 0 saturated carbocycles. The molecule has 4 aromatic heterocycles. The fraction of sp³-hybridized carbons (Fsp3) is 0. The third kappa shape index (κ3) is 6.32. The zero-order chi connectivity index (χ0) is 41.0. The fourth-order valence-corrected chi connectivity index (χ4v) is 8.70. The Hall–Kier alpha value is -8.41. The maximum Gasteiger partial charge on any atom is 0.161 e. The number of pyridine rings is 1. The number of para-hydroxylation sites is 2. The first kappa shape index (κ1) is 35.5. The van der Waals surface area contributed by atoms with E-state index >= 15 is 0 Å². The van der Waals surface area contributed by atoms with Gasteiger partial charge >= 0.3 is 0 Å². The van der Waals surface area contributed by atoms with Crippen molar-refractivity contribution in [2.75, 3.05) is 0 Å². The summed E-state index contributed by atoms with van der Waals surface area (Å²) in [5.41, 5.74) is 16.6. The topological polar surface area (TPSA) is 65.0 Å². The third-order valence-corrected chi connectivity index (χ3v) is 11.8. The quantitative estimate of drug-likeness (QED) is 0.161. The molecule has 0 amide bonds. The molecule has 0 bridgehead atoms. The minimum absolute atomic E-state index is 0.633. The maximum atomic E-state index is 6.25. The van der Waals surface area contributed by atoms with E-state index in [4.69, 9.17) is 18.8 Å². The predicted molar refractivity (Wildman–Crippen MR) is 252 cm³/mol. The lowest BCUT2D eigenvalue weighted by Gasteiger charge is -2.15. The van der Waals surface area contributed by atoms with Crippen LogP contribution in [0.4, 0.5) is 0 Å². The first-order valence-corrected chi connectivity index (χ1v) is 20.7. The Labute approximate surface area is 357 Å². The molecular weight excluding hydrogens is 759 g/mol. The van der Waals surface area contributed by atoms with Crippen molar-refractivity contribution < 1.29 is 8.83 Å². The maximum absolute atomic E-state index is 6.25. The van der Waals surface area contributed by atoms with Gasteiger partial charge in [0.1, 0.15) is 22.3 Å². The lowest BCUT2D eigenvalue weighted by molar-refractivity contribution is 0.668. The zero-order valence-corrected chi connectivity index (χ0v) is 33.4. The van der Waals surface area contributed by atoms with E-state index in [1.165, 1.54) is 5.56 Å². The molecule has 0 aliphatic heterocycles. The van der Waals surface area contributed by atoms with E-state index in [1.54, 1.807) is 6.20 Å². The van der Waals surface area contributed by atoms with Gasteiger partial charge in [-0.05, 0) is 106 Å². The molecule has 4 heterocycles. The van der Waals surface area contributed by atoms with Crippen molar-refractivity contribution in [2.24, 2.45) is 0 Å². The van der Waals surface area contributed by atoms with Gasteiger partial charge in [-0.2, -0.15) is 0 Å². The zero-order valence-electron chi connectivity index (χ0n) is 33.4. The monoisotopic (exact) mass is 793 g/mol. The second-order valence-electron chi connectivity index (χ2n) is 15.6. The van der Waals surface area contributed by atoms with E-state index in [1.807, 2.05) is 48.7 Å². The Morgan fingerprint density at radius 3 is 1.40 bits per heavy atom. The molecule has 12 aromatic rings. The van der Waals surface area contributed by atoms with Crippen LogP contribution in [0.2, 0.25) is 0 Å². The second kappa shape index (κ2) is 14.7. The van der Waals surface area contributed by atoms with Crippen LogP contribution >= 0.6 is 0 Å². The van der Waals surface area contributed by atoms with Gasteiger partial charge in [0, 0.05) is 56.2 Å². The van der Waals surface area contributed by atoms with Crippen LogP contribution < -0.4 is 0 Å². The van der Waals surface area contributed by atoms with Gasteiger partial charge in [-0.15, -0.1) is 0 Å². The number of furan rings is 2. The van der Waals surface area contributed by atoms with Crippen molar-refractivity contribution in [1.82, 2.24) is 15.0 Å². The Morgan fingerprint density at radius 1 is 0.290 bits per heavy atom. The van der Waals surface area contributed by atoms with Crippen LogP contribution in [0.25, 0.3) is 122 Å². The molecule has 5 heteroatoms. The molecule has 8 aromatic carbocycles. The summed E-state index contributed by atoms with van der Waals surface area (Å²) >= 11 is 0. The van der Waals surface area contributed by atoms with Gasteiger partial charge in [0.25, 0.3) is 0 Å². The highest BCUT2D eigenvalue weighted by molar-refractivity contribution is 6.08. The lowest BCUT2D eigenvalue weighted by atomic mass is 9.93. The van der Waals surface area contributed by atoms with Crippen molar-refractivity contribution in [1.29, 1.82) is 0 Å². The van der Waals surface area contributed by atoms with Crippen molar-refractivity contribution in [2.45, 2.75) is 0 Å². The smallest absolute Gasteiger partial charge is 0.161 e. The number of hydrogen-bond acceptors (Lipinski definition) is 5. The van der Waals surface area contributed by atoms with Gasteiger partial charge in [-0.1, -0.05) is 133 Å². The number of hydrogen-bond donors (Lipinski definition) is 0. The molecule has 0 atom stereocenters. The van der Waals surface area contributed by atoms with Crippen LogP contribution in [0.5, 0.6) is 0 Å². The molecule has 0 N–H and O–H groups in total. The number of benzene rings is 8. The third-order valence-electron chi connectivity index (χ3n) is 11.8. The molecule has 12 rings (SSSR count). The van der Waals surface area contributed by atoms with Crippen LogP contribution in [-0.2, 0) is 0 Å². The van der Waals surface area contributed by atoms with Gasteiger partial charge in [0.2, 0.25) is 0 Å². The highest BCUT2D eigenvalue weighted by atomic mass is 16.3. The van der Waals surface area contributed by atoms with Crippen LogP contribution in [-0.4, -0.2) is 15.0 Å². The molecule has 0 spiro atoms. The van der Waals surface area contributed by atoms with Crippen LogP contribution in [0.3, 0.4) is 0 Å². The van der Waals surface area contributed by atoms with Crippen molar-refractivity contribution in [3.8, 4) is 78.4 Å². The van der Waals surface area contributed by atoms with Crippen molar-refractivity contribution in [3.05, 3.63) is 213 Å². The van der Waals surface area contributed by atoms with Gasteiger partial charge in [0.15, 0.2) is 5.82 Å². The molecule has 0 saturated heterocycles. The number of aromatic nitrogens is 3. The summed E-state index contributed by atoms with van der Waals surface area (Å²) in [7, 11) is 0. The second-order valence-corrected chi connectivity index (χ2v) is 15.6. The Morgan fingerprint density at radius 2 is 0.774 bits per heavy atom. The van der Waals surface area contributed by atoms with Crippen molar-refractivity contribution in [3.63, 3.8) is 0 Å². The van der Waals surface area contributed by atoms with Gasteiger partial charge in [-0.25, -0.2) is 9.97 Å². The Bertz CT molecular complexity index is 3490. The first-order chi connectivity index (χ1) is 30.7. The average Bonchev–Trinajstić information content (AvgIpc) is 3.92. The molecule has 0 unspecified atom stereocenters. The van der Waals surface area contributed by atoms with Crippen LogP contribution in [0.1, 0.15) is 0 Å². The van der Waals surface area contributed by atoms with E-state index in [0.717, 1.165) is 111 Å². The number of rotatable bonds is 7. The normalized spacial score (nSPS) is 11.5. The Kier molecular flexibility index (Phi) is 8.42. The van der Waals surface area contributed by atoms with Gasteiger partial charge in [0.05, 0.1) is 11.4 Å². The Balaban J connectivity index is 1.08. The molecule has 0 fully saturated rings. The number of fused-ring (bicyclic) bond motifs is 6. The van der Waals surface area contributed by atoms with Crippen LogP contribution in [0, 0.1) is 0 Å². The standard InChI is InChI=1S/C57H35N3O2/c1-2-11-36(12-3-1)37-20-22-38(23-21-37)51-34-52(60-57(59-51)48-17-5-4-14-45(48)41-13-10-28-58-35-41)44-30-42(39-24-26-55-49(32-39)46-15-6-8-18-53(46)61-55)29-43(31-44)40-25-27-56-50(33-40)47-16-7-9-19-54(47)62-56/h1-35H. The minimum atomic E-state index is 0.633. The summed E-state index contributed by atoms with van der Waals surface area (Å²) in [5, 5.41) is 4.34. The van der Waals surface area contributed by atoms with Crippen LogP contribution in [0.15, 0.2) is 221 Å². The summed E-state index contributed by atoms with van der Waals surface area (Å²) < 4.78 is 12.5. The van der Waals surface area contributed by atoms with Gasteiger partial charge in [-0.3, -0.25) is 4.98 Å². The highest BCUT2D eigenvalue weighted by Crippen LogP contribution is 2.40. The van der Waals surface area contributed by atoms with E-state index in [2.05, 4.69) is 163 Å². The van der Waals surface area contributed by atoms with E-state index < -0.39 is 0 Å². The first-order valence-electron chi connectivity index (χ1n) is 20.7. The van der Waals surface area contributed by atoms with E-state index in [0.29, 0.717) is 5.82 Å². The summed E-state index contributed by atoms with van der Waals surface area (Å²) in [6, 6.07) is 69.7. The molecule has 0 aliphatic rings. The van der Waals surface area contributed by atoms with Crippen molar-refractivity contribution >= 4 is 43.9 Å². The summed E-state index contributed by atoms with van der Waals surface area (Å²) in [6.07, 6.45) is 3.69. The molecule has 0 aliphatic carbocycles.